The Hall–Kier alpha value is -2.46. The topological polar surface area (TPSA) is 237 Å². The number of esters is 4. The van der Waals surface area contributed by atoms with E-state index in [4.69, 9.17) is 37.0 Å². The van der Waals surface area contributed by atoms with Crippen LogP contribution in [0.2, 0.25) is 0 Å². The Morgan fingerprint density at radius 2 is 0.581 bits per heavy atom. The standard InChI is InChI=1S/C74H140O17P2/c1-6-9-12-15-18-20-22-24-26-27-28-30-32-34-39-44-49-54-59-73(78)91-70(64-85-72(77)58-53-48-43-38-33-31-29-25-23-21-19-16-13-10-7-2)66-89-93(82,83)87-62-68(75)61-86-92(80,81)88-65-69(63-84-71(76)57-52-47-41-17-14-11-8-3)90-74(79)60-55-50-45-40-36-35-37-42-46-51-56-67(4)5/h21,23,25,29,67-70,75H,6-20,22,24,26-28,30-66H2,1-5H3,(H,80,81)(H,82,83)/b23-21-,29-25-/t68-,69+,70+/m0/s1. The molecule has 0 aromatic heterocycles. The van der Waals surface area contributed by atoms with Crippen molar-refractivity contribution < 1.29 is 80.2 Å². The van der Waals surface area contributed by atoms with E-state index >= 15 is 0 Å². The number of carbonyl (C=O) groups is 4. The van der Waals surface area contributed by atoms with Crippen molar-refractivity contribution in [1.82, 2.24) is 0 Å². The molecule has 19 heteroatoms. The molecular formula is C74H140O17P2. The first-order valence-electron chi connectivity index (χ1n) is 38.0. The van der Waals surface area contributed by atoms with E-state index in [1.807, 2.05) is 0 Å². The molecule has 0 radical (unpaired) electrons. The van der Waals surface area contributed by atoms with Gasteiger partial charge in [-0.3, -0.25) is 37.3 Å². The van der Waals surface area contributed by atoms with Crippen LogP contribution in [0.5, 0.6) is 0 Å². The van der Waals surface area contributed by atoms with Crippen molar-refractivity contribution in [3.63, 3.8) is 0 Å². The molecule has 0 aromatic rings. The van der Waals surface area contributed by atoms with Crippen LogP contribution in [0.25, 0.3) is 0 Å². The van der Waals surface area contributed by atoms with Crippen molar-refractivity contribution in [2.24, 2.45) is 5.92 Å². The summed E-state index contributed by atoms with van der Waals surface area (Å²) in [7, 11) is -9.91. The number of unbranched alkanes of at least 4 members (excludes halogenated alkanes) is 41. The molecule has 93 heavy (non-hydrogen) atoms. The second-order valence-corrected chi connectivity index (χ2v) is 29.4. The maximum Gasteiger partial charge on any atom is 0.472 e. The number of phosphoric ester groups is 2. The molecule has 0 amide bonds. The van der Waals surface area contributed by atoms with Gasteiger partial charge in [0.05, 0.1) is 26.4 Å². The van der Waals surface area contributed by atoms with Gasteiger partial charge in [0.25, 0.3) is 0 Å². The van der Waals surface area contributed by atoms with E-state index in [0.29, 0.717) is 25.7 Å². The smallest absolute Gasteiger partial charge is 0.462 e. The molecule has 0 saturated heterocycles. The Balaban J connectivity index is 5.23. The highest BCUT2D eigenvalue weighted by atomic mass is 31.2. The van der Waals surface area contributed by atoms with Gasteiger partial charge >= 0.3 is 39.5 Å². The maximum absolute atomic E-state index is 13.1. The molecule has 548 valence electrons. The lowest BCUT2D eigenvalue weighted by Gasteiger charge is -2.21. The summed E-state index contributed by atoms with van der Waals surface area (Å²) in [6.45, 7) is 7.16. The highest BCUT2D eigenvalue weighted by molar-refractivity contribution is 7.47. The van der Waals surface area contributed by atoms with E-state index in [2.05, 4.69) is 58.9 Å². The minimum Gasteiger partial charge on any atom is -0.462 e. The average molecular weight is 1360 g/mol. The third kappa shape index (κ3) is 67.9. The van der Waals surface area contributed by atoms with Gasteiger partial charge in [-0.2, -0.15) is 0 Å². The molecule has 3 N–H and O–H groups in total. The van der Waals surface area contributed by atoms with E-state index in [1.54, 1.807) is 0 Å². The fourth-order valence-corrected chi connectivity index (χ4v) is 12.4. The van der Waals surface area contributed by atoms with E-state index in [1.165, 1.54) is 154 Å². The molecule has 2 unspecified atom stereocenters. The first-order valence-corrected chi connectivity index (χ1v) is 40.9. The Kier molecular flexibility index (Phi) is 65.0. The first kappa shape index (κ1) is 90.5. The lowest BCUT2D eigenvalue weighted by atomic mass is 10.0. The Morgan fingerprint density at radius 1 is 0.333 bits per heavy atom. The second kappa shape index (κ2) is 66.8. The van der Waals surface area contributed by atoms with Gasteiger partial charge in [0.15, 0.2) is 12.2 Å². The maximum atomic E-state index is 13.1. The zero-order valence-electron chi connectivity index (χ0n) is 59.9. The number of rotatable bonds is 72. The molecule has 0 fully saturated rings. The normalized spacial score (nSPS) is 14.2. The number of aliphatic hydroxyl groups is 1. The van der Waals surface area contributed by atoms with Crippen molar-refractivity contribution >= 4 is 39.5 Å². The van der Waals surface area contributed by atoms with Crippen LogP contribution in [-0.2, 0) is 65.4 Å². The summed E-state index contributed by atoms with van der Waals surface area (Å²) in [4.78, 5) is 72.6. The number of phosphoric acid groups is 2. The van der Waals surface area contributed by atoms with Crippen LogP contribution in [0, 0.1) is 5.92 Å². The SMILES string of the molecule is CCCCCC/C=C\C=C/CCCCCCCC(=O)OC[C@H](COP(=O)(O)OC[C@@H](O)COP(=O)(O)OC[C@@H](COC(=O)CCCCCCCCC)OC(=O)CCCCCCCCCCCCC(C)C)OC(=O)CCCCCCCCCCCCCCCCCCCC. The molecule has 0 heterocycles. The summed E-state index contributed by atoms with van der Waals surface area (Å²) in [5.41, 5.74) is 0. The summed E-state index contributed by atoms with van der Waals surface area (Å²) in [6, 6.07) is 0. The summed E-state index contributed by atoms with van der Waals surface area (Å²) < 4.78 is 68.3. The largest absolute Gasteiger partial charge is 0.472 e. The quantitative estimate of drug-likeness (QED) is 0.0169. The fraction of sp³-hybridized carbons (Fsp3) is 0.892. The molecule has 0 aliphatic rings. The highest BCUT2D eigenvalue weighted by Gasteiger charge is 2.30. The summed E-state index contributed by atoms with van der Waals surface area (Å²) in [5, 5.41) is 10.6. The predicted molar refractivity (Wildman–Crippen MR) is 377 cm³/mol. The van der Waals surface area contributed by atoms with E-state index in [-0.39, 0.29) is 25.7 Å². The van der Waals surface area contributed by atoms with Crippen LogP contribution in [0.15, 0.2) is 24.3 Å². The second-order valence-electron chi connectivity index (χ2n) is 26.5. The Bertz CT molecular complexity index is 1880. The molecular weight excluding hydrogens is 1220 g/mol. The number of ether oxygens (including phenoxy) is 4. The molecule has 0 spiro atoms. The molecule has 0 saturated carbocycles. The van der Waals surface area contributed by atoms with E-state index < -0.39 is 97.5 Å². The van der Waals surface area contributed by atoms with Crippen LogP contribution >= 0.6 is 15.6 Å². The van der Waals surface area contributed by atoms with Crippen molar-refractivity contribution in [2.45, 2.75) is 380 Å². The number of aliphatic hydroxyl groups excluding tert-OH is 1. The van der Waals surface area contributed by atoms with Crippen molar-refractivity contribution in [3.05, 3.63) is 24.3 Å². The average Bonchev–Trinajstić information content (AvgIpc) is 3.70. The van der Waals surface area contributed by atoms with Gasteiger partial charge in [-0.15, -0.1) is 0 Å². The van der Waals surface area contributed by atoms with Crippen molar-refractivity contribution in [1.29, 1.82) is 0 Å². The predicted octanol–water partition coefficient (Wildman–Crippen LogP) is 21.2. The molecule has 0 aliphatic heterocycles. The molecule has 17 nitrogen and oxygen atoms in total. The minimum atomic E-state index is -4.96. The summed E-state index contributed by atoms with van der Waals surface area (Å²) in [5.74, 6) is -1.40. The summed E-state index contributed by atoms with van der Waals surface area (Å²) >= 11 is 0. The molecule has 0 aromatic carbocycles. The van der Waals surface area contributed by atoms with Gasteiger partial charge in [-0.1, -0.05) is 309 Å². The van der Waals surface area contributed by atoms with Crippen LogP contribution < -0.4 is 0 Å². The number of hydrogen-bond acceptors (Lipinski definition) is 15. The molecule has 5 atom stereocenters. The van der Waals surface area contributed by atoms with Crippen molar-refractivity contribution in [2.75, 3.05) is 39.6 Å². The van der Waals surface area contributed by atoms with Gasteiger partial charge in [-0.25, -0.2) is 9.13 Å². The lowest BCUT2D eigenvalue weighted by Crippen LogP contribution is -2.30. The van der Waals surface area contributed by atoms with Gasteiger partial charge in [0.1, 0.15) is 19.3 Å². The zero-order valence-corrected chi connectivity index (χ0v) is 61.7. The van der Waals surface area contributed by atoms with Gasteiger partial charge in [0, 0.05) is 25.7 Å². The minimum absolute atomic E-state index is 0.102. The number of hydrogen-bond donors (Lipinski definition) is 3. The van der Waals surface area contributed by atoms with Crippen LogP contribution in [0.4, 0.5) is 0 Å². The third-order valence-electron chi connectivity index (χ3n) is 16.7. The zero-order chi connectivity index (χ0) is 68.4. The first-order chi connectivity index (χ1) is 45.0. The monoisotopic (exact) mass is 1360 g/mol. The summed E-state index contributed by atoms with van der Waals surface area (Å²) in [6.07, 6.45) is 57.8. The van der Waals surface area contributed by atoms with Gasteiger partial charge in [-0.05, 0) is 57.3 Å². The highest BCUT2D eigenvalue weighted by Crippen LogP contribution is 2.45. The molecule has 0 aliphatic carbocycles. The van der Waals surface area contributed by atoms with Crippen molar-refractivity contribution in [3.8, 4) is 0 Å². The Labute approximate surface area is 567 Å². The third-order valence-corrected chi connectivity index (χ3v) is 18.6. The van der Waals surface area contributed by atoms with E-state index in [0.717, 1.165) is 128 Å². The van der Waals surface area contributed by atoms with Gasteiger partial charge in [0.2, 0.25) is 0 Å². The number of allylic oxidation sites excluding steroid dienone is 4. The fourth-order valence-electron chi connectivity index (χ4n) is 10.8. The Morgan fingerprint density at radius 3 is 0.882 bits per heavy atom. The van der Waals surface area contributed by atoms with E-state index in [9.17, 15) is 43.2 Å². The van der Waals surface area contributed by atoms with Gasteiger partial charge < -0.3 is 33.8 Å². The number of carbonyl (C=O) groups excluding carboxylic acids is 4. The van der Waals surface area contributed by atoms with Crippen LogP contribution in [-0.4, -0.2) is 96.7 Å². The van der Waals surface area contributed by atoms with Crippen LogP contribution in [0.3, 0.4) is 0 Å². The molecule has 0 bridgehead atoms. The molecule has 0 rings (SSSR count). The van der Waals surface area contributed by atoms with Crippen LogP contribution in [0.1, 0.15) is 362 Å². The lowest BCUT2D eigenvalue weighted by molar-refractivity contribution is -0.161.